The number of rotatable bonds is 11. The maximum Gasteiger partial charge on any atom is 0.295 e. The lowest BCUT2D eigenvalue weighted by molar-refractivity contribution is -0.117. The van der Waals surface area contributed by atoms with Crippen LogP contribution < -0.4 is 10.6 Å². The predicted molar refractivity (Wildman–Crippen MR) is 144 cm³/mol. The van der Waals surface area contributed by atoms with Crippen molar-refractivity contribution < 1.29 is 26.7 Å². The highest BCUT2D eigenvalue weighted by Gasteiger charge is 2.30. The molecule has 1 fully saturated rings. The average molecular weight is 577 g/mol. The number of pyridine rings is 1. The number of alkyl halides is 2. The van der Waals surface area contributed by atoms with Crippen molar-refractivity contribution in [3.63, 3.8) is 0 Å². The highest BCUT2D eigenvalue weighted by molar-refractivity contribution is 7.90. The quantitative estimate of drug-likeness (QED) is 0.210. The van der Waals surface area contributed by atoms with Gasteiger partial charge in [0.1, 0.15) is 16.3 Å². The average Bonchev–Trinajstić information content (AvgIpc) is 3.47. The second kappa shape index (κ2) is 10.9. The fraction of sp³-hybridized carbons (Fsp3) is 0.360. The summed E-state index contributed by atoms with van der Waals surface area (Å²) in [5.74, 6) is -0.775. The Bertz CT molecular complexity index is 1630. The molecule has 0 spiro atoms. The summed E-state index contributed by atoms with van der Waals surface area (Å²) in [6, 6.07) is 6.30. The molecule has 0 radical (unpaired) electrons. The maximum atomic E-state index is 13.4. The van der Waals surface area contributed by atoms with Crippen LogP contribution in [0.3, 0.4) is 0 Å². The molecule has 0 saturated heterocycles. The Labute approximate surface area is 227 Å². The number of ether oxygens (including phenoxy) is 1. The van der Waals surface area contributed by atoms with E-state index in [4.69, 9.17) is 4.74 Å². The number of benzene rings is 1. The smallest absolute Gasteiger partial charge is 0.295 e. The van der Waals surface area contributed by atoms with Crippen LogP contribution in [0.2, 0.25) is 0 Å². The summed E-state index contributed by atoms with van der Waals surface area (Å²) in [6.45, 7) is 0.634. The number of hydrogen-bond donors (Lipinski definition) is 3. The van der Waals surface area contributed by atoms with E-state index < -0.39 is 22.1 Å². The number of aromatic nitrogens is 4. The van der Waals surface area contributed by atoms with Crippen molar-refractivity contribution in [1.29, 1.82) is 0 Å². The summed E-state index contributed by atoms with van der Waals surface area (Å²) in [5, 5.41) is 6.39. The lowest BCUT2D eigenvalue weighted by Gasteiger charge is -2.14. The van der Waals surface area contributed by atoms with Gasteiger partial charge in [-0.15, -0.1) is 11.3 Å². The Morgan fingerprint density at radius 3 is 2.72 bits per heavy atom. The molecule has 0 bridgehead atoms. The summed E-state index contributed by atoms with van der Waals surface area (Å²) in [4.78, 5) is 28.5. The number of amides is 1. The number of fused-ring (bicyclic) bond motifs is 1. The third-order valence-corrected chi connectivity index (χ3v) is 8.34. The number of nitrogens with zero attached hydrogens (tertiary/aromatic N) is 3. The molecule has 4 aromatic rings. The number of aromatic amines is 1. The Hall–Kier alpha value is -3.49. The predicted octanol–water partition coefficient (Wildman–Crippen LogP) is 5.09. The number of anilines is 3. The van der Waals surface area contributed by atoms with Crippen LogP contribution in [0.1, 0.15) is 36.4 Å². The molecule has 1 aliphatic rings. The van der Waals surface area contributed by atoms with Crippen LogP contribution in [0.4, 0.5) is 26.0 Å². The highest BCUT2D eigenvalue weighted by Crippen LogP contribution is 2.36. The zero-order valence-electron chi connectivity index (χ0n) is 21.1. The van der Waals surface area contributed by atoms with E-state index in [0.29, 0.717) is 17.2 Å². The van der Waals surface area contributed by atoms with Gasteiger partial charge in [-0.1, -0.05) is 0 Å². The van der Waals surface area contributed by atoms with Gasteiger partial charge in [0.2, 0.25) is 5.91 Å². The molecule has 10 nitrogen and oxygen atoms in total. The number of carbonyl (C=O) groups is 1. The van der Waals surface area contributed by atoms with Crippen LogP contribution in [0.5, 0.6) is 0 Å². The van der Waals surface area contributed by atoms with Gasteiger partial charge in [0.25, 0.3) is 6.43 Å². The number of carbonyl (C=O) groups excluding carboxylic acids is 1. The van der Waals surface area contributed by atoms with Crippen LogP contribution in [0.15, 0.2) is 35.4 Å². The number of halogens is 2. The number of imidazole rings is 1. The van der Waals surface area contributed by atoms with Gasteiger partial charge in [0, 0.05) is 48.6 Å². The van der Waals surface area contributed by atoms with Crippen molar-refractivity contribution in [2.45, 2.75) is 37.0 Å². The van der Waals surface area contributed by atoms with Gasteiger partial charge in [0.05, 0.1) is 16.3 Å². The first-order valence-electron chi connectivity index (χ1n) is 12.2. The van der Waals surface area contributed by atoms with Gasteiger partial charge < -0.3 is 20.4 Å². The van der Waals surface area contributed by atoms with Crippen LogP contribution in [0.25, 0.3) is 21.7 Å². The molecule has 3 aromatic heterocycles. The van der Waals surface area contributed by atoms with E-state index in [2.05, 4.69) is 30.6 Å². The number of methoxy groups -OCH3 is 1. The second-order valence-electron chi connectivity index (χ2n) is 9.27. The number of aryl methyl sites for hydroxylation is 1. The van der Waals surface area contributed by atoms with Crippen molar-refractivity contribution in [3.05, 3.63) is 41.2 Å². The summed E-state index contributed by atoms with van der Waals surface area (Å²) in [7, 11) is -2.08. The van der Waals surface area contributed by atoms with Gasteiger partial charge in [0.15, 0.2) is 21.3 Å². The summed E-state index contributed by atoms with van der Waals surface area (Å²) in [5.41, 5.74) is 1.16. The minimum atomic E-state index is -3.72. The molecular weight excluding hydrogens is 550 g/mol. The number of sulfone groups is 1. The van der Waals surface area contributed by atoms with E-state index in [-0.39, 0.29) is 45.1 Å². The van der Waals surface area contributed by atoms with E-state index in [1.54, 1.807) is 25.4 Å². The first-order chi connectivity index (χ1) is 18.6. The molecule has 5 rings (SSSR count). The van der Waals surface area contributed by atoms with Gasteiger partial charge in [-0.05, 0) is 43.9 Å². The van der Waals surface area contributed by atoms with E-state index >= 15 is 0 Å². The molecule has 0 aliphatic heterocycles. The van der Waals surface area contributed by atoms with Crippen LogP contribution in [0, 0.1) is 5.92 Å². The molecule has 1 amide bonds. The Balaban J connectivity index is 1.51. The van der Waals surface area contributed by atoms with Crippen LogP contribution in [-0.4, -0.2) is 54.2 Å². The van der Waals surface area contributed by atoms with Gasteiger partial charge in [-0.3, -0.25) is 4.79 Å². The molecule has 14 heteroatoms. The normalized spacial score (nSPS) is 13.8. The first kappa shape index (κ1) is 27.1. The van der Waals surface area contributed by atoms with Gasteiger partial charge in [-0.2, -0.15) is 0 Å². The molecule has 1 saturated carbocycles. The second-order valence-corrected chi connectivity index (χ2v) is 12.4. The summed E-state index contributed by atoms with van der Waals surface area (Å²) >= 11 is 1.47. The minimum Gasteiger partial charge on any atom is -0.385 e. The molecule has 3 N–H and O–H groups in total. The largest absolute Gasteiger partial charge is 0.385 e. The van der Waals surface area contributed by atoms with Crippen molar-refractivity contribution in [3.8, 4) is 10.6 Å². The molecule has 0 unspecified atom stereocenters. The number of thiazole rings is 1. The Morgan fingerprint density at radius 1 is 1.23 bits per heavy atom. The third-order valence-electron chi connectivity index (χ3n) is 6.10. The van der Waals surface area contributed by atoms with Crippen molar-refractivity contribution >= 4 is 55.4 Å². The molecular formula is C25H26F2N6O4S2. The number of H-pyrrole nitrogens is 1. The summed E-state index contributed by atoms with van der Waals surface area (Å²) < 4.78 is 57.5. The minimum absolute atomic E-state index is 0.00530. The lowest BCUT2D eigenvalue weighted by Crippen LogP contribution is -2.14. The van der Waals surface area contributed by atoms with Crippen LogP contribution in [-0.2, 0) is 25.8 Å². The SMILES string of the molecule is COCCCc1cnc(-c2ccc(Nc3cc(NC(=O)C4CC4)nc4[nH]c(C(F)F)nc34)c(S(C)(=O)=O)c2)s1. The molecule has 39 heavy (non-hydrogen) atoms. The van der Waals surface area contributed by atoms with Gasteiger partial charge in [-0.25, -0.2) is 32.2 Å². The van der Waals surface area contributed by atoms with E-state index in [1.807, 2.05) is 0 Å². The fourth-order valence-electron chi connectivity index (χ4n) is 4.00. The first-order valence-corrected chi connectivity index (χ1v) is 14.9. The van der Waals surface area contributed by atoms with E-state index in [0.717, 1.165) is 36.8 Å². The van der Waals surface area contributed by atoms with Crippen molar-refractivity contribution in [2.75, 3.05) is 30.6 Å². The topological polar surface area (TPSA) is 139 Å². The molecule has 1 aromatic carbocycles. The lowest BCUT2D eigenvalue weighted by atomic mass is 10.2. The van der Waals surface area contributed by atoms with E-state index in [9.17, 15) is 22.0 Å². The zero-order valence-corrected chi connectivity index (χ0v) is 22.8. The Morgan fingerprint density at radius 2 is 2.03 bits per heavy atom. The standard InChI is InChI=1S/C25H26F2N6O4S2/c1-37-9-3-4-15-12-28-25(38-15)14-7-8-16(18(10-14)39(2,35)36)29-17-11-19(31-24(34)13-5-6-13)30-22-20(17)32-23(33-22)21(26)27/h7-8,10-13,21H,3-6,9H2,1-2H3,(H3,29,30,31,32,33,34). The third kappa shape index (κ3) is 6.23. The number of nitrogens with one attached hydrogen (secondary N) is 3. The molecule has 206 valence electrons. The molecule has 0 atom stereocenters. The number of hydrogen-bond acceptors (Lipinski definition) is 9. The summed E-state index contributed by atoms with van der Waals surface area (Å²) in [6.07, 6.45) is 3.17. The molecule has 1 aliphatic carbocycles. The van der Waals surface area contributed by atoms with Gasteiger partial charge >= 0.3 is 0 Å². The maximum absolute atomic E-state index is 13.4. The monoisotopic (exact) mass is 576 g/mol. The van der Waals surface area contributed by atoms with Crippen LogP contribution >= 0.6 is 11.3 Å². The van der Waals surface area contributed by atoms with E-state index in [1.165, 1.54) is 23.5 Å². The van der Waals surface area contributed by atoms with Crippen molar-refractivity contribution in [2.24, 2.45) is 5.92 Å². The van der Waals surface area contributed by atoms with Crippen molar-refractivity contribution in [1.82, 2.24) is 19.9 Å². The fourth-order valence-corrected chi connectivity index (χ4v) is 5.81. The zero-order chi connectivity index (χ0) is 27.7. The highest BCUT2D eigenvalue weighted by atomic mass is 32.2. The molecule has 3 heterocycles. The Kier molecular flexibility index (Phi) is 7.60.